The molecule has 3 N–H and O–H groups in total. The van der Waals surface area contributed by atoms with Gasteiger partial charge in [0, 0.05) is 25.1 Å². The van der Waals surface area contributed by atoms with Gasteiger partial charge in [-0.3, -0.25) is 9.48 Å². The number of fused-ring (bicyclic) bond motifs is 1. The van der Waals surface area contributed by atoms with Crippen molar-refractivity contribution in [2.75, 3.05) is 5.73 Å². The maximum Gasteiger partial charge on any atom is 0.223 e. The van der Waals surface area contributed by atoms with E-state index in [4.69, 9.17) is 5.73 Å². The fourth-order valence-electron chi connectivity index (χ4n) is 3.31. The number of carbonyl (C=O) groups excluding carboxylic acids is 1. The van der Waals surface area contributed by atoms with Gasteiger partial charge in [0.05, 0.1) is 6.20 Å². The van der Waals surface area contributed by atoms with Gasteiger partial charge in [0.1, 0.15) is 5.82 Å². The Hall–Kier alpha value is -1.52. The van der Waals surface area contributed by atoms with Crippen LogP contribution in [0.15, 0.2) is 6.20 Å². The summed E-state index contributed by atoms with van der Waals surface area (Å²) in [5, 5.41) is 7.07. The molecule has 2 saturated carbocycles. The second-order valence-electron chi connectivity index (χ2n) is 5.53. The van der Waals surface area contributed by atoms with Gasteiger partial charge in [0.2, 0.25) is 5.91 Å². The van der Waals surface area contributed by atoms with E-state index in [2.05, 4.69) is 10.4 Å². The molecule has 0 radical (unpaired) electrons. The van der Waals surface area contributed by atoms with Crippen molar-refractivity contribution in [3.8, 4) is 0 Å². The van der Waals surface area contributed by atoms with E-state index < -0.39 is 0 Å². The summed E-state index contributed by atoms with van der Waals surface area (Å²) in [6.45, 7) is 0.494. The molecule has 2 unspecified atom stereocenters. The summed E-state index contributed by atoms with van der Waals surface area (Å²) in [6, 6.07) is 0. The van der Waals surface area contributed by atoms with E-state index in [1.165, 1.54) is 25.7 Å². The van der Waals surface area contributed by atoms with Crippen LogP contribution in [-0.4, -0.2) is 15.7 Å². The third-order valence-corrected chi connectivity index (χ3v) is 4.48. The highest BCUT2D eigenvalue weighted by atomic mass is 16.2. The van der Waals surface area contributed by atoms with Crippen LogP contribution in [0.25, 0.3) is 0 Å². The van der Waals surface area contributed by atoms with E-state index in [1.54, 1.807) is 17.9 Å². The first kappa shape index (κ1) is 11.6. The number of hydrogen-bond donors (Lipinski definition) is 2. The first-order valence-electron chi connectivity index (χ1n) is 6.72. The Balaban J connectivity index is 1.55. The highest BCUT2D eigenvalue weighted by Gasteiger charge is 2.54. The highest BCUT2D eigenvalue weighted by Crippen LogP contribution is 2.55. The molecule has 2 aliphatic rings. The number of amides is 1. The van der Waals surface area contributed by atoms with Crippen LogP contribution in [0.4, 0.5) is 5.82 Å². The van der Waals surface area contributed by atoms with E-state index in [1.807, 2.05) is 0 Å². The molecule has 98 valence electrons. The second kappa shape index (κ2) is 4.30. The molecular formula is C13H20N4O. The zero-order valence-electron chi connectivity index (χ0n) is 10.7. The van der Waals surface area contributed by atoms with Crippen molar-refractivity contribution in [1.82, 2.24) is 15.1 Å². The number of hydrogen-bond acceptors (Lipinski definition) is 3. The number of rotatable bonds is 3. The van der Waals surface area contributed by atoms with Crippen LogP contribution in [0.2, 0.25) is 0 Å². The van der Waals surface area contributed by atoms with Crippen molar-refractivity contribution in [1.29, 1.82) is 0 Å². The summed E-state index contributed by atoms with van der Waals surface area (Å²) in [6.07, 6.45) is 6.77. The Morgan fingerprint density at radius 3 is 2.72 bits per heavy atom. The normalized spacial score (nSPS) is 29.7. The van der Waals surface area contributed by atoms with Gasteiger partial charge in [-0.1, -0.05) is 12.8 Å². The Morgan fingerprint density at radius 2 is 2.17 bits per heavy atom. The van der Waals surface area contributed by atoms with Crippen molar-refractivity contribution < 1.29 is 4.79 Å². The van der Waals surface area contributed by atoms with Gasteiger partial charge in [-0.15, -0.1) is 0 Å². The molecule has 0 bridgehead atoms. The lowest BCUT2D eigenvalue weighted by molar-refractivity contribution is -0.123. The van der Waals surface area contributed by atoms with Crippen LogP contribution in [0, 0.1) is 17.8 Å². The maximum atomic E-state index is 12.1. The average molecular weight is 248 g/mol. The molecule has 2 aliphatic carbocycles. The summed E-state index contributed by atoms with van der Waals surface area (Å²) >= 11 is 0. The van der Waals surface area contributed by atoms with Gasteiger partial charge < -0.3 is 11.1 Å². The number of aryl methyl sites for hydroxylation is 1. The third-order valence-electron chi connectivity index (χ3n) is 4.48. The molecule has 3 rings (SSSR count). The van der Waals surface area contributed by atoms with Crippen molar-refractivity contribution in [2.24, 2.45) is 24.8 Å². The maximum absolute atomic E-state index is 12.1. The molecule has 2 atom stereocenters. The van der Waals surface area contributed by atoms with Crippen LogP contribution >= 0.6 is 0 Å². The first-order chi connectivity index (χ1) is 8.68. The van der Waals surface area contributed by atoms with Gasteiger partial charge in [0.15, 0.2) is 0 Å². The summed E-state index contributed by atoms with van der Waals surface area (Å²) in [4.78, 5) is 12.1. The molecule has 2 fully saturated rings. The predicted molar refractivity (Wildman–Crippen MR) is 68.4 cm³/mol. The fourth-order valence-corrected chi connectivity index (χ4v) is 3.31. The number of nitrogens with one attached hydrogen (secondary N) is 1. The first-order valence-corrected chi connectivity index (χ1v) is 6.72. The Labute approximate surface area is 107 Å². The van der Waals surface area contributed by atoms with Crippen molar-refractivity contribution in [3.63, 3.8) is 0 Å². The van der Waals surface area contributed by atoms with Gasteiger partial charge in [-0.2, -0.15) is 5.10 Å². The Bertz CT molecular complexity index is 456. The second-order valence-corrected chi connectivity index (χ2v) is 5.53. The SMILES string of the molecule is Cn1ncc(CNC(=O)C2C3CCCCC32)c1N. The average Bonchev–Trinajstić information content (AvgIpc) is 3.03. The van der Waals surface area contributed by atoms with E-state index in [0.29, 0.717) is 24.2 Å². The topological polar surface area (TPSA) is 72.9 Å². The van der Waals surface area contributed by atoms with Crippen LogP contribution in [0.5, 0.6) is 0 Å². The standard InChI is InChI=1S/C13H20N4O/c1-17-12(14)8(7-16-17)6-15-13(18)11-9-4-2-3-5-10(9)11/h7,9-11H,2-6,14H2,1H3,(H,15,18). The predicted octanol–water partition coefficient (Wildman–Crippen LogP) is 1.05. The minimum absolute atomic E-state index is 0.204. The molecule has 0 aromatic carbocycles. The molecule has 1 amide bonds. The van der Waals surface area contributed by atoms with Crippen molar-refractivity contribution in [3.05, 3.63) is 11.8 Å². The third kappa shape index (κ3) is 1.87. The summed E-state index contributed by atoms with van der Waals surface area (Å²) in [5.74, 6) is 2.42. The number of nitrogen functional groups attached to an aromatic ring is 1. The van der Waals surface area contributed by atoms with E-state index in [9.17, 15) is 4.79 Å². The van der Waals surface area contributed by atoms with Gasteiger partial charge in [-0.25, -0.2) is 0 Å². The summed E-state index contributed by atoms with van der Waals surface area (Å²) in [5.41, 5.74) is 6.74. The number of nitrogens with two attached hydrogens (primary N) is 1. The van der Waals surface area contributed by atoms with E-state index >= 15 is 0 Å². The molecule has 1 heterocycles. The lowest BCUT2D eigenvalue weighted by Crippen LogP contribution is -2.25. The van der Waals surface area contributed by atoms with E-state index in [-0.39, 0.29) is 11.8 Å². The fraction of sp³-hybridized carbons (Fsp3) is 0.692. The lowest BCUT2D eigenvalue weighted by Gasteiger charge is -2.04. The largest absolute Gasteiger partial charge is 0.384 e. The molecule has 5 heteroatoms. The van der Waals surface area contributed by atoms with Crippen LogP contribution in [-0.2, 0) is 18.4 Å². The molecule has 0 aliphatic heterocycles. The summed E-state index contributed by atoms with van der Waals surface area (Å²) < 4.78 is 1.62. The monoisotopic (exact) mass is 248 g/mol. The highest BCUT2D eigenvalue weighted by molar-refractivity contribution is 5.82. The Kier molecular flexibility index (Phi) is 2.76. The van der Waals surface area contributed by atoms with Crippen LogP contribution < -0.4 is 11.1 Å². The number of nitrogens with zero attached hydrogens (tertiary/aromatic N) is 2. The minimum Gasteiger partial charge on any atom is -0.384 e. The molecule has 1 aromatic heterocycles. The Morgan fingerprint density at radius 1 is 1.50 bits per heavy atom. The van der Waals surface area contributed by atoms with E-state index in [0.717, 1.165) is 5.56 Å². The van der Waals surface area contributed by atoms with Crippen LogP contribution in [0.1, 0.15) is 31.2 Å². The zero-order valence-corrected chi connectivity index (χ0v) is 10.7. The van der Waals surface area contributed by atoms with Gasteiger partial charge in [-0.05, 0) is 24.7 Å². The summed E-state index contributed by atoms with van der Waals surface area (Å²) in [7, 11) is 1.80. The number of anilines is 1. The molecule has 0 saturated heterocycles. The van der Waals surface area contributed by atoms with Crippen LogP contribution in [0.3, 0.4) is 0 Å². The van der Waals surface area contributed by atoms with Gasteiger partial charge >= 0.3 is 0 Å². The minimum atomic E-state index is 0.204. The molecule has 5 nitrogen and oxygen atoms in total. The molecule has 0 spiro atoms. The molecular weight excluding hydrogens is 228 g/mol. The lowest BCUT2D eigenvalue weighted by atomic mass is 10.0. The van der Waals surface area contributed by atoms with Gasteiger partial charge in [0.25, 0.3) is 0 Å². The smallest absolute Gasteiger partial charge is 0.223 e. The zero-order chi connectivity index (χ0) is 12.7. The number of carbonyl (C=O) groups is 1. The molecule has 18 heavy (non-hydrogen) atoms. The van der Waals surface area contributed by atoms with Crippen molar-refractivity contribution in [2.45, 2.75) is 32.2 Å². The number of aromatic nitrogens is 2. The quantitative estimate of drug-likeness (QED) is 0.840. The van der Waals surface area contributed by atoms with Crippen molar-refractivity contribution >= 4 is 11.7 Å². The molecule has 1 aromatic rings.